The van der Waals surface area contributed by atoms with E-state index in [2.05, 4.69) is 5.53 Å². The normalized spacial score (nSPS) is 15.8. The Hall–Kier alpha value is -0.560. The maximum atomic E-state index is 11.8. The van der Waals surface area contributed by atoms with E-state index in [1.54, 1.807) is 13.8 Å². The minimum absolute atomic E-state index is 0.0324. The van der Waals surface area contributed by atoms with Crippen molar-refractivity contribution in [3.05, 3.63) is 0 Å². The van der Waals surface area contributed by atoms with Crippen LogP contribution in [0, 0.1) is 0 Å². The zero-order chi connectivity index (χ0) is 18.3. The highest BCUT2D eigenvalue weighted by Crippen LogP contribution is 2.16. The van der Waals surface area contributed by atoms with E-state index in [-0.39, 0.29) is 44.0 Å². The minimum Gasteiger partial charge on any atom is -0.465 e. The van der Waals surface area contributed by atoms with Crippen LogP contribution in [0.1, 0.15) is 13.8 Å². The first-order valence-corrected chi connectivity index (χ1v) is 8.32. The summed E-state index contributed by atoms with van der Waals surface area (Å²) in [6.07, 6.45) is 0. The van der Waals surface area contributed by atoms with E-state index in [4.69, 9.17) is 59.2 Å². The quantitative estimate of drug-likeness (QED) is 0.188. The maximum absolute atomic E-state index is 11.8. The Labute approximate surface area is 158 Å². The predicted molar refractivity (Wildman–Crippen MR) is 97.4 cm³/mol. The van der Waals surface area contributed by atoms with Crippen molar-refractivity contribution < 1.29 is 28.2 Å². The molecule has 0 aliphatic carbocycles. The molecule has 0 saturated heterocycles. The molecule has 7 nitrogen and oxygen atoms in total. The summed E-state index contributed by atoms with van der Waals surface area (Å²) in [5.41, 5.74) is 4.53. The summed E-state index contributed by atoms with van der Waals surface area (Å²) in [7, 11) is 2.51. The predicted octanol–water partition coefficient (Wildman–Crippen LogP) is 0.104. The van der Waals surface area contributed by atoms with Crippen molar-refractivity contribution in [1.82, 2.24) is 5.53 Å². The van der Waals surface area contributed by atoms with Gasteiger partial charge >= 0.3 is 11.9 Å². The first-order valence-electron chi connectivity index (χ1n) is 6.68. The molecule has 23 heavy (non-hydrogen) atoms. The van der Waals surface area contributed by atoms with Crippen LogP contribution in [0.5, 0.6) is 0 Å². The maximum Gasteiger partial charge on any atom is 0.364 e. The van der Waals surface area contributed by atoms with E-state index >= 15 is 0 Å². The molecule has 0 aliphatic rings. The van der Waals surface area contributed by atoms with Crippen LogP contribution in [-0.4, -0.2) is 70.2 Å². The van der Waals surface area contributed by atoms with Gasteiger partial charge in [-0.15, -0.1) is 9.18 Å². The Morgan fingerprint density at radius 2 is 1.22 bits per heavy atom. The molecule has 0 aromatic heterocycles. The van der Waals surface area contributed by atoms with E-state index in [1.165, 1.54) is 14.2 Å². The van der Waals surface area contributed by atoms with Crippen molar-refractivity contribution in [2.24, 2.45) is 0 Å². The highest BCUT2D eigenvalue weighted by atomic mass is 32.1. The van der Waals surface area contributed by atoms with Crippen LogP contribution in [0.15, 0.2) is 0 Å². The van der Waals surface area contributed by atoms with Gasteiger partial charge in [-0.1, -0.05) is 0 Å². The second-order valence-electron chi connectivity index (χ2n) is 4.57. The van der Waals surface area contributed by atoms with E-state index < -0.39 is 11.9 Å². The molecule has 0 aliphatic heterocycles. The molecule has 0 aromatic rings. The first kappa shape index (κ1) is 22.4. The number of ether oxygens (including phenoxy) is 2. The lowest BCUT2D eigenvalue weighted by Gasteiger charge is -2.42. The molecule has 0 saturated carbocycles. The molecule has 0 fully saturated rings. The molecule has 0 heterocycles. The van der Waals surface area contributed by atoms with Gasteiger partial charge in [0, 0.05) is 0 Å². The van der Waals surface area contributed by atoms with Gasteiger partial charge in [-0.25, -0.2) is 9.59 Å². The van der Waals surface area contributed by atoms with Crippen molar-refractivity contribution in [3.63, 3.8) is 0 Å². The van der Waals surface area contributed by atoms with Crippen molar-refractivity contribution >= 4 is 70.3 Å². The summed E-state index contributed by atoms with van der Waals surface area (Å²) in [5.74, 6) is -1.07. The van der Waals surface area contributed by atoms with Crippen LogP contribution in [-0.2, 0) is 44.3 Å². The number of rotatable bonds is 8. The summed E-state index contributed by atoms with van der Waals surface area (Å²) in [6.45, 7) is 3.70. The highest BCUT2D eigenvalue weighted by Gasteiger charge is 2.45. The summed E-state index contributed by atoms with van der Waals surface area (Å²) >= 11 is 20.5. The molecular formula is C12H20N3O4S4. The molecule has 0 amide bonds. The summed E-state index contributed by atoms with van der Waals surface area (Å²) < 4.78 is 8.67. The summed E-state index contributed by atoms with van der Waals surface area (Å²) in [6, 6.07) is 0. The van der Waals surface area contributed by atoms with Gasteiger partial charge in [-0.3, -0.25) is 0 Å². The molecule has 1 radical (unpaired) electrons. The van der Waals surface area contributed by atoms with Gasteiger partial charge < -0.3 is 59.2 Å². The van der Waals surface area contributed by atoms with Gasteiger partial charge in [0.25, 0.3) is 0 Å². The van der Waals surface area contributed by atoms with Crippen LogP contribution in [0.25, 0.3) is 0 Å². The number of esters is 2. The molecule has 0 bridgehead atoms. The fourth-order valence-electron chi connectivity index (χ4n) is 1.76. The standard InChI is InChI=1S/C12H22N3O4S4/c1-5-14(11(20)21,7-9(16)18-3)13-15(6-2,12(22)23)8-10(17)19-4/h5-8H2,1-4H3,(H,20,21)(H,22,23)/q+2/p-2. The lowest BCUT2D eigenvalue weighted by molar-refractivity contribution is -1.08. The van der Waals surface area contributed by atoms with Gasteiger partial charge in [-0.05, 0) is 13.8 Å². The lowest BCUT2D eigenvalue weighted by atomic mass is 10.4. The average Bonchev–Trinajstić information content (AvgIpc) is 2.52. The van der Waals surface area contributed by atoms with Gasteiger partial charge in [0.05, 0.1) is 22.9 Å². The van der Waals surface area contributed by atoms with Crippen molar-refractivity contribution in [2.75, 3.05) is 40.4 Å². The number of likely N-dealkylation sites (N-methyl/N-ethyl adjacent to an activating group) is 2. The van der Waals surface area contributed by atoms with E-state index in [9.17, 15) is 9.59 Å². The second-order valence-corrected chi connectivity index (χ2v) is 6.63. The fraction of sp³-hybridized carbons (Fsp3) is 0.667. The van der Waals surface area contributed by atoms with E-state index in [0.29, 0.717) is 0 Å². The smallest absolute Gasteiger partial charge is 0.364 e. The molecule has 2 atom stereocenters. The third kappa shape index (κ3) is 5.78. The molecular weight excluding hydrogens is 378 g/mol. The van der Waals surface area contributed by atoms with E-state index in [0.717, 1.165) is 0 Å². The SMILES string of the molecule is CC[N+](CC(=O)OC)([N][N+](CC)(CC(=O)OC)C(=S)[S-])C(=S)[S-]. The van der Waals surface area contributed by atoms with Crippen LogP contribution in [0.3, 0.4) is 0 Å². The zero-order valence-electron chi connectivity index (χ0n) is 13.4. The topological polar surface area (TPSA) is 66.7 Å². The van der Waals surface area contributed by atoms with E-state index in [1.807, 2.05) is 0 Å². The molecule has 0 spiro atoms. The van der Waals surface area contributed by atoms with Gasteiger partial charge in [0.15, 0.2) is 5.53 Å². The zero-order valence-corrected chi connectivity index (χ0v) is 16.7. The Morgan fingerprint density at radius 1 is 0.913 bits per heavy atom. The molecule has 11 heteroatoms. The Balaban J connectivity index is 5.85. The third-order valence-electron chi connectivity index (χ3n) is 3.31. The fourth-order valence-corrected chi connectivity index (χ4v) is 2.68. The number of carbonyl (C=O) groups is 2. The Kier molecular flexibility index (Phi) is 9.43. The minimum atomic E-state index is -0.537. The van der Waals surface area contributed by atoms with Crippen molar-refractivity contribution in [3.8, 4) is 0 Å². The largest absolute Gasteiger partial charge is 0.465 e. The molecule has 0 N–H and O–H groups in total. The van der Waals surface area contributed by atoms with Gasteiger partial charge in [0.2, 0.25) is 13.1 Å². The third-order valence-corrected chi connectivity index (χ3v) is 4.66. The van der Waals surface area contributed by atoms with Crippen LogP contribution < -0.4 is 5.53 Å². The molecule has 0 rings (SSSR count). The van der Waals surface area contributed by atoms with Gasteiger partial charge in [-0.2, -0.15) is 0 Å². The van der Waals surface area contributed by atoms with Crippen LogP contribution >= 0.6 is 24.4 Å². The van der Waals surface area contributed by atoms with Crippen LogP contribution in [0.4, 0.5) is 0 Å². The van der Waals surface area contributed by atoms with Crippen molar-refractivity contribution in [1.29, 1.82) is 0 Å². The average molecular weight is 399 g/mol. The first-order chi connectivity index (χ1) is 10.6. The molecule has 0 aromatic carbocycles. The molecule has 131 valence electrons. The number of hydrogen-bond donors (Lipinski definition) is 0. The van der Waals surface area contributed by atoms with Crippen LogP contribution in [0.2, 0.25) is 0 Å². The second kappa shape index (κ2) is 9.67. The van der Waals surface area contributed by atoms with Crippen molar-refractivity contribution in [2.45, 2.75) is 13.8 Å². The number of quaternary nitrogens is 2. The van der Waals surface area contributed by atoms with Gasteiger partial charge in [0.1, 0.15) is 13.1 Å². The monoisotopic (exact) mass is 398 g/mol. The summed E-state index contributed by atoms with van der Waals surface area (Å²) in [5, 5.41) is 0. The Bertz CT molecular complexity index is 449. The number of carbonyl (C=O) groups excluding carboxylic acids is 2. The lowest BCUT2D eigenvalue weighted by Crippen LogP contribution is -2.72. The number of methoxy groups -OCH3 is 2. The number of nitrogens with zero attached hydrogens (tertiary/aromatic N) is 3. The number of thiocarbonyl (C=S) groups is 2. The Morgan fingerprint density at radius 3 is 1.39 bits per heavy atom. The number of hydrogen-bond acceptors (Lipinski definition) is 8. The molecule has 2 unspecified atom stereocenters. The summed E-state index contributed by atoms with van der Waals surface area (Å²) in [4.78, 5) is 23.5. The highest BCUT2D eigenvalue weighted by molar-refractivity contribution is 8.00.